The van der Waals surface area contributed by atoms with Crippen LogP contribution in [-0.4, -0.2) is 41.6 Å². The number of hydrogen-bond acceptors (Lipinski definition) is 5. The van der Waals surface area contributed by atoms with Gasteiger partial charge in [-0.15, -0.1) is 0 Å². The summed E-state index contributed by atoms with van der Waals surface area (Å²) < 4.78 is 7.38. The average Bonchev–Trinajstić information content (AvgIpc) is 2.72. The maximum Gasteiger partial charge on any atom is 0.268 e. The lowest BCUT2D eigenvalue weighted by molar-refractivity contribution is -0.0235. The maximum atomic E-state index is 12.0. The Labute approximate surface area is 119 Å². The molecule has 1 aliphatic heterocycles. The minimum atomic E-state index is -0.0900. The van der Waals surface area contributed by atoms with Gasteiger partial charge in [0.15, 0.2) is 0 Å². The maximum absolute atomic E-state index is 12.0. The average molecular weight is 280 g/mol. The van der Waals surface area contributed by atoms with Crippen molar-refractivity contribution < 1.29 is 4.74 Å². The topological polar surface area (TPSA) is 68.2 Å². The summed E-state index contributed by atoms with van der Waals surface area (Å²) in [6, 6.07) is 1.59. The number of ether oxygens (including phenoxy) is 1. The van der Waals surface area contributed by atoms with E-state index in [9.17, 15) is 4.79 Å². The van der Waals surface area contributed by atoms with Crippen LogP contribution in [0.1, 0.15) is 26.7 Å². The van der Waals surface area contributed by atoms with Gasteiger partial charge in [-0.2, -0.15) is 5.10 Å². The third kappa shape index (κ3) is 4.05. The summed E-state index contributed by atoms with van der Waals surface area (Å²) >= 11 is 0. The van der Waals surface area contributed by atoms with Gasteiger partial charge in [-0.05, 0) is 33.7 Å². The molecular weight excluding hydrogens is 256 g/mol. The van der Waals surface area contributed by atoms with Crippen molar-refractivity contribution in [3.8, 4) is 0 Å². The van der Waals surface area contributed by atoms with E-state index in [4.69, 9.17) is 4.74 Å². The lowest BCUT2D eigenvalue weighted by Gasteiger charge is -2.19. The summed E-state index contributed by atoms with van der Waals surface area (Å²) in [4.78, 5) is 12.0. The third-order valence-corrected chi connectivity index (χ3v) is 3.50. The molecule has 1 atom stereocenters. The molecule has 0 amide bonds. The van der Waals surface area contributed by atoms with E-state index in [-0.39, 0.29) is 17.3 Å². The quantitative estimate of drug-likeness (QED) is 0.756. The summed E-state index contributed by atoms with van der Waals surface area (Å²) in [5.41, 5.74) is 0.588. The number of likely N-dealkylation sites (N-methyl/N-ethyl adjacent to an activating group) is 1. The van der Waals surface area contributed by atoms with Crippen LogP contribution in [0.5, 0.6) is 0 Å². The molecule has 20 heavy (non-hydrogen) atoms. The van der Waals surface area contributed by atoms with Crippen molar-refractivity contribution >= 4 is 5.69 Å². The molecule has 2 rings (SSSR count). The zero-order valence-corrected chi connectivity index (χ0v) is 12.5. The van der Waals surface area contributed by atoms with E-state index in [2.05, 4.69) is 29.6 Å². The largest absolute Gasteiger partial charge is 0.382 e. The Morgan fingerprint density at radius 1 is 1.50 bits per heavy atom. The molecule has 1 aromatic rings. The van der Waals surface area contributed by atoms with E-state index in [0.717, 1.165) is 31.6 Å². The van der Waals surface area contributed by atoms with Crippen LogP contribution in [0.25, 0.3) is 0 Å². The first-order chi connectivity index (χ1) is 9.50. The molecule has 0 bridgehead atoms. The van der Waals surface area contributed by atoms with Gasteiger partial charge >= 0.3 is 0 Å². The van der Waals surface area contributed by atoms with Gasteiger partial charge in [-0.3, -0.25) is 4.79 Å². The normalized spacial score (nSPS) is 21.1. The molecular formula is C14H24N4O2. The van der Waals surface area contributed by atoms with Crippen molar-refractivity contribution in [2.24, 2.45) is 0 Å². The highest BCUT2D eigenvalue weighted by Gasteiger charge is 2.31. The highest BCUT2D eigenvalue weighted by molar-refractivity contribution is 5.38. The number of nitrogens with one attached hydrogen (secondary N) is 2. The second kappa shape index (κ2) is 6.37. The van der Waals surface area contributed by atoms with Crippen LogP contribution >= 0.6 is 0 Å². The first-order valence-electron chi connectivity index (χ1n) is 7.14. The van der Waals surface area contributed by atoms with Gasteiger partial charge in [0.2, 0.25) is 0 Å². The molecule has 6 nitrogen and oxygen atoms in total. The number of hydrogen-bond donors (Lipinski definition) is 2. The first-order valence-corrected chi connectivity index (χ1v) is 7.14. The van der Waals surface area contributed by atoms with Crippen LogP contribution in [0.15, 0.2) is 17.1 Å². The molecule has 2 heterocycles. The molecule has 1 fully saturated rings. The number of nitrogens with zero attached hydrogens (tertiary/aromatic N) is 2. The number of rotatable bonds is 6. The highest BCUT2D eigenvalue weighted by atomic mass is 16.5. The Hall–Kier alpha value is -1.40. The summed E-state index contributed by atoms with van der Waals surface area (Å²) in [5, 5.41) is 10.4. The van der Waals surface area contributed by atoms with E-state index in [0.29, 0.717) is 6.54 Å². The molecule has 2 N–H and O–H groups in total. The molecule has 0 spiro atoms. The van der Waals surface area contributed by atoms with Crippen molar-refractivity contribution in [3.63, 3.8) is 0 Å². The Bertz CT molecular complexity index is 498. The summed E-state index contributed by atoms with van der Waals surface area (Å²) in [5.74, 6) is 0. The minimum absolute atomic E-state index is 0.0804. The second-order valence-electron chi connectivity index (χ2n) is 5.83. The zero-order chi connectivity index (χ0) is 14.6. The van der Waals surface area contributed by atoms with E-state index in [1.54, 1.807) is 12.3 Å². The summed E-state index contributed by atoms with van der Waals surface area (Å²) in [6.07, 6.45) is 3.77. The summed E-state index contributed by atoms with van der Waals surface area (Å²) in [7, 11) is 1.89. The predicted molar refractivity (Wildman–Crippen MR) is 79.1 cm³/mol. The van der Waals surface area contributed by atoms with Crippen molar-refractivity contribution in [1.29, 1.82) is 0 Å². The fraction of sp³-hybridized carbons (Fsp3) is 0.714. The molecule has 6 heteroatoms. The van der Waals surface area contributed by atoms with Gasteiger partial charge in [0.25, 0.3) is 5.56 Å². The van der Waals surface area contributed by atoms with Crippen molar-refractivity contribution in [1.82, 2.24) is 15.1 Å². The van der Waals surface area contributed by atoms with Gasteiger partial charge in [-0.1, -0.05) is 0 Å². The summed E-state index contributed by atoms with van der Waals surface area (Å²) in [6.45, 7) is 6.30. The Balaban J connectivity index is 1.94. The predicted octanol–water partition coefficient (Wildman–Crippen LogP) is 0.832. The molecule has 1 unspecified atom stereocenters. The molecule has 0 radical (unpaired) electrons. The zero-order valence-electron chi connectivity index (χ0n) is 12.5. The Morgan fingerprint density at radius 3 is 2.90 bits per heavy atom. The molecule has 1 aliphatic rings. The molecule has 1 saturated heterocycles. The van der Waals surface area contributed by atoms with Crippen LogP contribution in [0.3, 0.4) is 0 Å². The standard InChI is InChI=1S/C14H24N4O2/c1-14(2)5-4-12(20-14)10-18-13(19)8-11(9-17-18)16-7-6-15-3/h8-9,12,15-16H,4-7,10H2,1-3H3. The van der Waals surface area contributed by atoms with E-state index < -0.39 is 0 Å². The smallest absolute Gasteiger partial charge is 0.268 e. The molecule has 0 aromatic carbocycles. The van der Waals surface area contributed by atoms with Gasteiger partial charge in [0.05, 0.1) is 30.1 Å². The third-order valence-electron chi connectivity index (χ3n) is 3.50. The van der Waals surface area contributed by atoms with Crippen molar-refractivity contribution in [3.05, 3.63) is 22.6 Å². The fourth-order valence-electron chi connectivity index (χ4n) is 2.40. The van der Waals surface area contributed by atoms with Gasteiger partial charge in [0.1, 0.15) is 0 Å². The Morgan fingerprint density at radius 2 is 2.30 bits per heavy atom. The second-order valence-corrected chi connectivity index (χ2v) is 5.83. The van der Waals surface area contributed by atoms with Crippen LogP contribution in [0.4, 0.5) is 5.69 Å². The van der Waals surface area contributed by atoms with Crippen molar-refractivity contribution in [2.75, 3.05) is 25.5 Å². The van der Waals surface area contributed by atoms with Crippen LogP contribution in [-0.2, 0) is 11.3 Å². The van der Waals surface area contributed by atoms with E-state index in [1.807, 2.05) is 7.05 Å². The van der Waals surface area contributed by atoms with E-state index >= 15 is 0 Å². The fourth-order valence-corrected chi connectivity index (χ4v) is 2.40. The molecule has 0 aliphatic carbocycles. The molecule has 0 saturated carbocycles. The first kappa shape index (κ1) is 15.0. The number of aromatic nitrogens is 2. The van der Waals surface area contributed by atoms with Crippen LogP contribution < -0.4 is 16.2 Å². The lowest BCUT2D eigenvalue weighted by atomic mass is 10.1. The highest BCUT2D eigenvalue weighted by Crippen LogP contribution is 2.29. The lowest BCUT2D eigenvalue weighted by Crippen LogP contribution is -2.30. The minimum Gasteiger partial charge on any atom is -0.382 e. The molecule has 112 valence electrons. The van der Waals surface area contributed by atoms with Crippen LogP contribution in [0, 0.1) is 0 Å². The SMILES string of the molecule is CNCCNc1cnn(CC2CCC(C)(C)O2)c(=O)c1. The van der Waals surface area contributed by atoms with Gasteiger partial charge in [-0.25, -0.2) is 4.68 Å². The van der Waals surface area contributed by atoms with Gasteiger partial charge in [0, 0.05) is 19.2 Å². The molecule has 1 aromatic heterocycles. The number of anilines is 1. The monoisotopic (exact) mass is 280 g/mol. The van der Waals surface area contributed by atoms with Crippen LogP contribution in [0.2, 0.25) is 0 Å². The van der Waals surface area contributed by atoms with Gasteiger partial charge < -0.3 is 15.4 Å². The van der Waals surface area contributed by atoms with Crippen molar-refractivity contribution in [2.45, 2.75) is 44.9 Å². The Kier molecular flexibility index (Phi) is 4.77. The van der Waals surface area contributed by atoms with E-state index in [1.165, 1.54) is 4.68 Å².